The summed E-state index contributed by atoms with van der Waals surface area (Å²) in [6, 6.07) is 4.19. The summed E-state index contributed by atoms with van der Waals surface area (Å²) in [6.07, 6.45) is 1.09. The van der Waals surface area contributed by atoms with Crippen molar-refractivity contribution < 1.29 is 4.74 Å². The third-order valence-corrected chi connectivity index (χ3v) is 2.66. The molecule has 0 aromatic heterocycles. The molecule has 1 rings (SSSR count). The molecule has 1 nitrogen and oxygen atoms in total. The molecule has 0 saturated carbocycles. The van der Waals surface area contributed by atoms with Gasteiger partial charge in [0.2, 0.25) is 0 Å². The van der Waals surface area contributed by atoms with Gasteiger partial charge in [0.05, 0.1) is 7.11 Å². The molecule has 1 aromatic rings. The Hall–Kier alpha value is -0.980. The van der Waals surface area contributed by atoms with Crippen molar-refractivity contribution >= 4 is 0 Å². The van der Waals surface area contributed by atoms with Crippen LogP contribution in [-0.4, -0.2) is 7.11 Å². The quantitative estimate of drug-likeness (QED) is 0.712. The van der Waals surface area contributed by atoms with Gasteiger partial charge >= 0.3 is 0 Å². The first kappa shape index (κ1) is 11.1. The van der Waals surface area contributed by atoms with Gasteiger partial charge in [-0.05, 0) is 48.9 Å². The van der Waals surface area contributed by atoms with E-state index in [9.17, 15) is 0 Å². The van der Waals surface area contributed by atoms with E-state index >= 15 is 0 Å². The Morgan fingerprint density at radius 2 is 1.86 bits per heavy atom. The normalized spacial score (nSPS) is 10.7. The standard InChI is InChI=1S/C13H20O/c1-9(2)8-12-11(4)10(3)6-7-13(12)14-5/h6-7,9H,8H2,1-5H3. The Kier molecular flexibility index (Phi) is 3.56. The Balaban J connectivity index is 3.14. The van der Waals surface area contributed by atoms with E-state index in [0.717, 1.165) is 12.2 Å². The number of rotatable bonds is 3. The highest BCUT2D eigenvalue weighted by molar-refractivity contribution is 5.44. The van der Waals surface area contributed by atoms with Gasteiger partial charge in [-0.2, -0.15) is 0 Å². The second-order valence-electron chi connectivity index (χ2n) is 4.29. The fourth-order valence-corrected chi connectivity index (χ4v) is 1.70. The Morgan fingerprint density at radius 3 is 2.36 bits per heavy atom. The van der Waals surface area contributed by atoms with Crippen molar-refractivity contribution in [2.24, 2.45) is 5.92 Å². The summed E-state index contributed by atoms with van der Waals surface area (Å²) in [5.41, 5.74) is 4.09. The van der Waals surface area contributed by atoms with Crippen LogP contribution in [0.15, 0.2) is 12.1 Å². The summed E-state index contributed by atoms with van der Waals surface area (Å²) >= 11 is 0. The Bertz CT molecular complexity index is 313. The predicted octanol–water partition coefficient (Wildman–Crippen LogP) is 3.51. The van der Waals surface area contributed by atoms with Crippen LogP contribution in [0.5, 0.6) is 5.75 Å². The van der Waals surface area contributed by atoms with E-state index in [0.29, 0.717) is 5.92 Å². The highest BCUT2D eigenvalue weighted by Crippen LogP contribution is 2.26. The second-order valence-corrected chi connectivity index (χ2v) is 4.29. The molecule has 0 aliphatic heterocycles. The second kappa shape index (κ2) is 4.50. The van der Waals surface area contributed by atoms with E-state index < -0.39 is 0 Å². The lowest BCUT2D eigenvalue weighted by Gasteiger charge is -2.15. The van der Waals surface area contributed by atoms with E-state index in [2.05, 4.69) is 39.8 Å². The van der Waals surface area contributed by atoms with Gasteiger partial charge in [0.25, 0.3) is 0 Å². The van der Waals surface area contributed by atoms with Crippen molar-refractivity contribution in [3.05, 3.63) is 28.8 Å². The Labute approximate surface area is 87.1 Å². The summed E-state index contributed by atoms with van der Waals surface area (Å²) in [6.45, 7) is 8.80. The van der Waals surface area contributed by atoms with Crippen molar-refractivity contribution in [1.82, 2.24) is 0 Å². The molecule has 1 aromatic carbocycles. The lowest BCUT2D eigenvalue weighted by molar-refractivity contribution is 0.406. The average molecular weight is 192 g/mol. The molecule has 0 aliphatic carbocycles. The van der Waals surface area contributed by atoms with Gasteiger partial charge in [-0.3, -0.25) is 0 Å². The summed E-state index contributed by atoms with van der Waals surface area (Å²) in [7, 11) is 1.74. The van der Waals surface area contributed by atoms with Crippen LogP contribution >= 0.6 is 0 Å². The van der Waals surface area contributed by atoms with Gasteiger partial charge in [0, 0.05) is 0 Å². The summed E-state index contributed by atoms with van der Waals surface area (Å²) < 4.78 is 5.38. The first-order valence-electron chi connectivity index (χ1n) is 5.19. The fraction of sp³-hybridized carbons (Fsp3) is 0.538. The molecule has 78 valence electrons. The third kappa shape index (κ3) is 2.28. The van der Waals surface area contributed by atoms with Crippen LogP contribution in [0.3, 0.4) is 0 Å². The maximum atomic E-state index is 5.38. The molecule has 0 atom stereocenters. The first-order valence-corrected chi connectivity index (χ1v) is 5.19. The maximum Gasteiger partial charge on any atom is 0.122 e. The lowest BCUT2D eigenvalue weighted by Crippen LogP contribution is -2.01. The average Bonchev–Trinajstić information content (AvgIpc) is 2.13. The minimum Gasteiger partial charge on any atom is -0.496 e. The Morgan fingerprint density at radius 1 is 1.21 bits per heavy atom. The molecule has 0 fully saturated rings. The molecule has 0 amide bonds. The number of methoxy groups -OCH3 is 1. The van der Waals surface area contributed by atoms with Gasteiger partial charge in [0.1, 0.15) is 5.75 Å². The highest BCUT2D eigenvalue weighted by Gasteiger charge is 2.09. The number of hydrogen-bond acceptors (Lipinski definition) is 1. The zero-order chi connectivity index (χ0) is 10.7. The number of aryl methyl sites for hydroxylation is 1. The minimum absolute atomic E-state index is 0.671. The van der Waals surface area contributed by atoms with E-state index in [4.69, 9.17) is 4.74 Å². The lowest BCUT2D eigenvalue weighted by atomic mass is 9.95. The summed E-state index contributed by atoms with van der Waals surface area (Å²) in [5, 5.41) is 0. The maximum absolute atomic E-state index is 5.38. The van der Waals surface area contributed by atoms with Crippen LogP contribution in [0.25, 0.3) is 0 Å². The summed E-state index contributed by atoms with van der Waals surface area (Å²) in [4.78, 5) is 0. The molecule has 0 aliphatic rings. The van der Waals surface area contributed by atoms with Crippen LogP contribution in [0.1, 0.15) is 30.5 Å². The topological polar surface area (TPSA) is 9.23 Å². The van der Waals surface area contributed by atoms with Gasteiger partial charge in [-0.25, -0.2) is 0 Å². The highest BCUT2D eigenvalue weighted by atomic mass is 16.5. The fourth-order valence-electron chi connectivity index (χ4n) is 1.70. The largest absolute Gasteiger partial charge is 0.496 e. The monoisotopic (exact) mass is 192 g/mol. The van der Waals surface area contributed by atoms with E-state index in [-0.39, 0.29) is 0 Å². The first-order chi connectivity index (χ1) is 6.56. The molecule has 0 saturated heterocycles. The van der Waals surface area contributed by atoms with E-state index in [1.165, 1.54) is 16.7 Å². The van der Waals surface area contributed by atoms with Gasteiger partial charge in [0.15, 0.2) is 0 Å². The van der Waals surface area contributed by atoms with Crippen LogP contribution in [-0.2, 0) is 6.42 Å². The van der Waals surface area contributed by atoms with E-state index in [1.54, 1.807) is 7.11 Å². The number of hydrogen-bond donors (Lipinski definition) is 0. The number of ether oxygens (including phenoxy) is 1. The van der Waals surface area contributed by atoms with Gasteiger partial charge in [-0.15, -0.1) is 0 Å². The van der Waals surface area contributed by atoms with Crippen molar-refractivity contribution in [1.29, 1.82) is 0 Å². The van der Waals surface area contributed by atoms with Crippen LogP contribution < -0.4 is 4.74 Å². The molecule has 0 radical (unpaired) electrons. The molecule has 0 bridgehead atoms. The zero-order valence-corrected chi connectivity index (χ0v) is 9.85. The van der Waals surface area contributed by atoms with E-state index in [1.807, 2.05) is 0 Å². The molecule has 0 unspecified atom stereocenters. The van der Waals surface area contributed by atoms with Gasteiger partial charge < -0.3 is 4.74 Å². The van der Waals surface area contributed by atoms with Crippen molar-refractivity contribution in [2.75, 3.05) is 7.11 Å². The smallest absolute Gasteiger partial charge is 0.122 e. The molecular weight excluding hydrogens is 172 g/mol. The van der Waals surface area contributed by atoms with Crippen molar-refractivity contribution in [3.8, 4) is 5.75 Å². The molecule has 0 N–H and O–H groups in total. The van der Waals surface area contributed by atoms with Crippen molar-refractivity contribution in [3.63, 3.8) is 0 Å². The zero-order valence-electron chi connectivity index (χ0n) is 9.85. The SMILES string of the molecule is COc1ccc(C)c(C)c1CC(C)C. The van der Waals surface area contributed by atoms with Crippen LogP contribution in [0.4, 0.5) is 0 Å². The summed E-state index contributed by atoms with van der Waals surface area (Å²) in [5.74, 6) is 1.70. The van der Waals surface area contributed by atoms with Crippen LogP contribution in [0, 0.1) is 19.8 Å². The molecular formula is C13H20O. The minimum atomic E-state index is 0.671. The van der Waals surface area contributed by atoms with Crippen molar-refractivity contribution in [2.45, 2.75) is 34.1 Å². The molecule has 0 heterocycles. The van der Waals surface area contributed by atoms with Gasteiger partial charge in [-0.1, -0.05) is 19.9 Å². The number of benzene rings is 1. The molecule has 0 spiro atoms. The predicted molar refractivity (Wildman–Crippen MR) is 61.0 cm³/mol. The molecule has 1 heteroatoms. The molecule has 14 heavy (non-hydrogen) atoms. The van der Waals surface area contributed by atoms with Crippen LogP contribution in [0.2, 0.25) is 0 Å². The third-order valence-electron chi connectivity index (χ3n) is 2.66.